The van der Waals surface area contributed by atoms with Crippen LogP contribution in [0.5, 0.6) is 5.88 Å². The van der Waals surface area contributed by atoms with Crippen LogP contribution >= 0.6 is 0 Å². The van der Waals surface area contributed by atoms with E-state index >= 15 is 0 Å². The van der Waals surface area contributed by atoms with Crippen molar-refractivity contribution in [1.82, 2.24) is 15.2 Å². The second-order valence-corrected chi connectivity index (χ2v) is 7.58. The van der Waals surface area contributed by atoms with E-state index in [4.69, 9.17) is 9.72 Å². The average molecular weight is 393 g/mol. The Bertz CT molecular complexity index is 1070. The molecule has 0 bridgehead atoms. The van der Waals surface area contributed by atoms with E-state index in [0.29, 0.717) is 30.0 Å². The fraction of sp³-hybridized carbons (Fsp3) is 0.304. The van der Waals surface area contributed by atoms with E-state index in [1.54, 1.807) is 19.2 Å². The van der Waals surface area contributed by atoms with E-state index in [1.165, 1.54) is 6.07 Å². The Hall–Kier alpha value is -3.15. The molecule has 1 saturated heterocycles. The summed E-state index contributed by atoms with van der Waals surface area (Å²) in [6, 6.07) is 14.3. The maximum atomic E-state index is 14.2. The lowest BCUT2D eigenvalue weighted by atomic mass is 9.94. The van der Waals surface area contributed by atoms with Gasteiger partial charge in [0.25, 0.3) is 0 Å². The Kier molecular flexibility index (Phi) is 5.09. The Labute approximate surface area is 169 Å². The molecule has 29 heavy (non-hydrogen) atoms. The fourth-order valence-electron chi connectivity index (χ4n) is 4.03. The number of nitrogens with zero attached hydrogens (tertiary/aromatic N) is 2. The molecule has 5 nitrogen and oxygen atoms in total. The highest BCUT2D eigenvalue weighted by atomic mass is 19.1. The van der Waals surface area contributed by atoms with Crippen molar-refractivity contribution >= 4 is 16.8 Å². The van der Waals surface area contributed by atoms with Crippen molar-refractivity contribution in [3.63, 3.8) is 0 Å². The van der Waals surface area contributed by atoms with Gasteiger partial charge < -0.3 is 15.0 Å². The average Bonchev–Trinajstić information content (AvgIpc) is 3.13. The monoisotopic (exact) mass is 393 g/mol. The molecule has 0 aliphatic carbocycles. The molecule has 6 heteroatoms. The van der Waals surface area contributed by atoms with Crippen molar-refractivity contribution < 1.29 is 13.9 Å². The van der Waals surface area contributed by atoms with Crippen molar-refractivity contribution in [2.45, 2.75) is 19.9 Å². The lowest BCUT2D eigenvalue weighted by molar-refractivity contribution is 0.177. The van der Waals surface area contributed by atoms with Crippen molar-refractivity contribution in [3.05, 3.63) is 59.9 Å². The van der Waals surface area contributed by atoms with Crippen molar-refractivity contribution in [3.8, 4) is 17.1 Å². The molecule has 2 amide bonds. The van der Waals surface area contributed by atoms with Gasteiger partial charge in [-0.2, -0.15) is 0 Å². The third-order valence-corrected chi connectivity index (χ3v) is 5.38. The van der Waals surface area contributed by atoms with Crippen molar-refractivity contribution in [2.75, 3.05) is 20.2 Å². The quantitative estimate of drug-likeness (QED) is 0.679. The summed E-state index contributed by atoms with van der Waals surface area (Å²) in [5, 5.41) is 4.27. The van der Waals surface area contributed by atoms with Crippen LogP contribution in [0.2, 0.25) is 0 Å². The highest BCUT2D eigenvalue weighted by Crippen LogP contribution is 2.36. The first kappa shape index (κ1) is 19.2. The highest BCUT2D eigenvalue weighted by molar-refractivity contribution is 5.87. The van der Waals surface area contributed by atoms with Crippen LogP contribution in [-0.4, -0.2) is 36.1 Å². The minimum absolute atomic E-state index is 0.0696. The van der Waals surface area contributed by atoms with Gasteiger partial charge in [0.1, 0.15) is 5.82 Å². The summed E-state index contributed by atoms with van der Waals surface area (Å²) >= 11 is 0. The van der Waals surface area contributed by atoms with Gasteiger partial charge in [-0.3, -0.25) is 0 Å². The van der Waals surface area contributed by atoms with Crippen LogP contribution < -0.4 is 10.1 Å². The van der Waals surface area contributed by atoms with E-state index < -0.39 is 0 Å². The Morgan fingerprint density at radius 3 is 2.69 bits per heavy atom. The number of fused-ring (bicyclic) bond motifs is 1. The van der Waals surface area contributed by atoms with Gasteiger partial charge in [0.05, 0.1) is 18.8 Å². The van der Waals surface area contributed by atoms with Gasteiger partial charge in [0, 0.05) is 29.6 Å². The molecule has 1 fully saturated rings. The number of benzene rings is 2. The SMILES string of the molecule is COc1nc(-c2ccc3cccc(F)c3c2)ccc1C(C(C)C)N1CCNC1=O. The van der Waals surface area contributed by atoms with Crippen LogP contribution in [0.1, 0.15) is 25.5 Å². The minimum Gasteiger partial charge on any atom is -0.481 e. The van der Waals surface area contributed by atoms with Crippen molar-refractivity contribution in [2.24, 2.45) is 5.92 Å². The number of halogens is 1. The number of ether oxygens (including phenoxy) is 1. The summed E-state index contributed by atoms with van der Waals surface area (Å²) < 4.78 is 19.8. The number of hydrogen-bond acceptors (Lipinski definition) is 3. The van der Waals surface area contributed by atoms with E-state index in [9.17, 15) is 9.18 Å². The first-order valence-corrected chi connectivity index (χ1v) is 9.77. The van der Waals surface area contributed by atoms with Crippen LogP contribution in [0, 0.1) is 11.7 Å². The molecule has 1 aliphatic rings. The van der Waals surface area contributed by atoms with E-state index in [1.807, 2.05) is 35.2 Å². The molecule has 0 radical (unpaired) electrons. The number of carbonyl (C=O) groups is 1. The van der Waals surface area contributed by atoms with Crippen LogP contribution in [0.15, 0.2) is 48.5 Å². The number of nitrogens with one attached hydrogen (secondary N) is 1. The summed E-state index contributed by atoms with van der Waals surface area (Å²) in [5.41, 5.74) is 2.38. The van der Waals surface area contributed by atoms with Gasteiger partial charge in [0.2, 0.25) is 5.88 Å². The second-order valence-electron chi connectivity index (χ2n) is 7.58. The predicted molar refractivity (Wildman–Crippen MR) is 111 cm³/mol. The minimum atomic E-state index is -0.257. The Morgan fingerprint density at radius 1 is 1.17 bits per heavy atom. The highest BCUT2D eigenvalue weighted by Gasteiger charge is 2.33. The summed E-state index contributed by atoms with van der Waals surface area (Å²) in [6.07, 6.45) is 0. The molecule has 0 saturated carbocycles. The van der Waals surface area contributed by atoms with Crippen LogP contribution in [-0.2, 0) is 0 Å². The van der Waals surface area contributed by atoms with Gasteiger partial charge >= 0.3 is 6.03 Å². The predicted octanol–water partition coefficient (Wildman–Crippen LogP) is 4.77. The number of methoxy groups -OCH3 is 1. The molecule has 2 heterocycles. The van der Waals surface area contributed by atoms with E-state index in [-0.39, 0.29) is 23.8 Å². The zero-order valence-electron chi connectivity index (χ0n) is 16.8. The number of carbonyl (C=O) groups excluding carboxylic acids is 1. The van der Waals surface area contributed by atoms with Gasteiger partial charge in [-0.25, -0.2) is 14.2 Å². The summed E-state index contributed by atoms with van der Waals surface area (Å²) in [5.74, 6) is 0.414. The molecule has 1 atom stereocenters. The second kappa shape index (κ2) is 7.70. The van der Waals surface area contributed by atoms with Crippen molar-refractivity contribution in [1.29, 1.82) is 0 Å². The number of urea groups is 1. The molecule has 3 aromatic rings. The maximum absolute atomic E-state index is 14.2. The third-order valence-electron chi connectivity index (χ3n) is 5.38. The van der Waals surface area contributed by atoms with Gasteiger partial charge in [0.15, 0.2) is 0 Å². The molecule has 150 valence electrons. The van der Waals surface area contributed by atoms with Crippen LogP contribution in [0.25, 0.3) is 22.0 Å². The number of hydrogen-bond donors (Lipinski definition) is 1. The first-order chi connectivity index (χ1) is 14.0. The number of amides is 2. The zero-order chi connectivity index (χ0) is 20.5. The summed E-state index contributed by atoms with van der Waals surface area (Å²) in [4.78, 5) is 18.8. The van der Waals surface area contributed by atoms with Crippen LogP contribution in [0.4, 0.5) is 9.18 Å². The van der Waals surface area contributed by atoms with Gasteiger partial charge in [-0.05, 0) is 35.6 Å². The molecule has 1 aliphatic heterocycles. The number of aromatic nitrogens is 1. The van der Waals surface area contributed by atoms with Gasteiger partial charge in [-0.1, -0.05) is 38.1 Å². The zero-order valence-corrected chi connectivity index (χ0v) is 16.8. The lowest BCUT2D eigenvalue weighted by Crippen LogP contribution is -2.35. The van der Waals surface area contributed by atoms with Gasteiger partial charge in [-0.15, -0.1) is 0 Å². The molecule has 0 spiro atoms. The smallest absolute Gasteiger partial charge is 0.318 e. The number of rotatable bonds is 5. The maximum Gasteiger partial charge on any atom is 0.318 e. The fourth-order valence-corrected chi connectivity index (χ4v) is 4.03. The Balaban J connectivity index is 1.77. The molecule has 1 aromatic heterocycles. The van der Waals surface area contributed by atoms with E-state index in [2.05, 4.69) is 19.2 Å². The number of pyridine rings is 1. The topological polar surface area (TPSA) is 54.5 Å². The summed E-state index contributed by atoms with van der Waals surface area (Å²) in [7, 11) is 1.58. The normalized spacial score (nSPS) is 15.1. The largest absolute Gasteiger partial charge is 0.481 e. The first-order valence-electron chi connectivity index (χ1n) is 9.77. The molecule has 1 N–H and O–H groups in total. The molecular formula is C23H24FN3O2. The lowest BCUT2D eigenvalue weighted by Gasteiger charge is -2.31. The Morgan fingerprint density at radius 2 is 2.00 bits per heavy atom. The molecule has 2 aromatic carbocycles. The molecule has 1 unspecified atom stereocenters. The summed E-state index contributed by atoms with van der Waals surface area (Å²) in [6.45, 7) is 5.44. The standard InChI is InChI=1S/C23H24FN3O2/c1-14(2)21(27-12-11-25-23(27)28)17-9-10-20(26-22(17)29-3)16-8-7-15-5-4-6-19(24)18(15)13-16/h4-10,13-14,21H,11-12H2,1-3H3,(H,25,28). The molecular weight excluding hydrogens is 369 g/mol. The molecule has 4 rings (SSSR count). The third kappa shape index (κ3) is 3.50. The van der Waals surface area contributed by atoms with Crippen LogP contribution in [0.3, 0.4) is 0 Å². The van der Waals surface area contributed by atoms with E-state index in [0.717, 1.165) is 16.5 Å².